The Kier molecular flexibility index (Phi) is 11.7. The lowest BCUT2D eigenvalue weighted by Crippen LogP contribution is -2.34. The highest BCUT2D eigenvalue weighted by molar-refractivity contribution is 6.32. The van der Waals surface area contributed by atoms with E-state index in [9.17, 15) is 0 Å². The summed E-state index contributed by atoms with van der Waals surface area (Å²) in [7, 11) is 0. The van der Waals surface area contributed by atoms with E-state index in [1.54, 1.807) is 82.7 Å². The molecule has 8 rings (SSSR count). The lowest BCUT2D eigenvalue weighted by molar-refractivity contribution is -0.187. The summed E-state index contributed by atoms with van der Waals surface area (Å²) in [4.78, 5) is 7.95. The highest BCUT2D eigenvalue weighted by Crippen LogP contribution is 2.42. The van der Waals surface area contributed by atoms with Crippen LogP contribution in [0.4, 0.5) is 0 Å². The average Bonchev–Trinajstić information content (AvgIpc) is 3.98. The van der Waals surface area contributed by atoms with Crippen molar-refractivity contribution in [3.05, 3.63) is 141 Å². The molecule has 12 nitrogen and oxygen atoms in total. The fraction of sp³-hybridized carbons (Fsp3) is 0.263. The molecule has 0 spiro atoms. The maximum Gasteiger partial charge on any atom is 0.217 e. The first-order valence-corrected chi connectivity index (χ1v) is 18.3. The lowest BCUT2D eigenvalue weighted by atomic mass is 10.1. The number of hydrogen-bond acceptors (Lipinski definition) is 10. The van der Waals surface area contributed by atoms with Gasteiger partial charge in [-0.25, -0.2) is 19.3 Å². The molecule has 0 radical (unpaired) electrons. The first kappa shape index (κ1) is 38.1. The molecule has 2 fully saturated rings. The second-order valence-corrected chi connectivity index (χ2v) is 14.3. The molecule has 0 bridgehead atoms. The van der Waals surface area contributed by atoms with E-state index in [4.69, 9.17) is 74.8 Å². The summed E-state index contributed by atoms with van der Waals surface area (Å²) >= 11 is 24.9. The Morgan fingerprint density at radius 2 is 0.981 bits per heavy atom. The molecular weight excluding hydrogens is 778 g/mol. The van der Waals surface area contributed by atoms with Crippen molar-refractivity contribution in [2.75, 3.05) is 13.2 Å². The highest BCUT2D eigenvalue weighted by atomic mass is 35.5. The van der Waals surface area contributed by atoms with E-state index in [0.29, 0.717) is 80.5 Å². The van der Waals surface area contributed by atoms with Gasteiger partial charge < -0.3 is 28.4 Å². The molecule has 6 aromatic rings. The Balaban J connectivity index is 0.000000167. The molecule has 2 aromatic heterocycles. The molecule has 280 valence electrons. The molecule has 0 amide bonds. The van der Waals surface area contributed by atoms with Crippen LogP contribution in [0, 0.1) is 0 Å². The van der Waals surface area contributed by atoms with E-state index < -0.39 is 11.6 Å². The van der Waals surface area contributed by atoms with Gasteiger partial charge in [0.15, 0.2) is 0 Å². The van der Waals surface area contributed by atoms with Gasteiger partial charge in [-0.3, -0.25) is 0 Å². The van der Waals surface area contributed by atoms with Gasteiger partial charge in [0.1, 0.15) is 61.4 Å². The molecule has 0 unspecified atom stereocenters. The van der Waals surface area contributed by atoms with Crippen LogP contribution >= 0.6 is 46.4 Å². The second-order valence-electron chi connectivity index (χ2n) is 12.6. The minimum absolute atomic E-state index is 0.0606. The predicted molar refractivity (Wildman–Crippen MR) is 202 cm³/mol. The van der Waals surface area contributed by atoms with Gasteiger partial charge in [-0.2, -0.15) is 10.2 Å². The zero-order valence-electron chi connectivity index (χ0n) is 29.0. The van der Waals surface area contributed by atoms with Crippen LogP contribution in [0.5, 0.6) is 23.0 Å². The van der Waals surface area contributed by atoms with Crippen molar-refractivity contribution >= 4 is 46.4 Å². The molecule has 16 heteroatoms. The van der Waals surface area contributed by atoms with Gasteiger partial charge in [-0.1, -0.05) is 46.4 Å². The summed E-state index contributed by atoms with van der Waals surface area (Å²) < 4.78 is 39.2. The zero-order valence-corrected chi connectivity index (χ0v) is 32.0. The molecule has 2 aliphatic heterocycles. The minimum atomic E-state index is -1.02. The summed E-state index contributed by atoms with van der Waals surface area (Å²) in [5, 5.41) is 10.6. The summed E-state index contributed by atoms with van der Waals surface area (Å²) in [5.74, 6) is 0.498. The molecule has 4 atom stereocenters. The average molecular weight is 813 g/mol. The first-order valence-electron chi connectivity index (χ1n) is 16.8. The van der Waals surface area contributed by atoms with Crippen molar-refractivity contribution in [2.24, 2.45) is 0 Å². The van der Waals surface area contributed by atoms with Gasteiger partial charge in [0.25, 0.3) is 0 Å². The van der Waals surface area contributed by atoms with Gasteiger partial charge in [0, 0.05) is 21.2 Å². The van der Waals surface area contributed by atoms with Crippen molar-refractivity contribution in [1.29, 1.82) is 0 Å². The number of aromatic nitrogens is 6. The van der Waals surface area contributed by atoms with Gasteiger partial charge in [-0.15, -0.1) is 0 Å². The van der Waals surface area contributed by atoms with Crippen LogP contribution in [0.15, 0.2) is 110 Å². The fourth-order valence-electron chi connectivity index (χ4n) is 5.98. The molecule has 0 N–H and O–H groups in total. The molecular formula is C38H34Cl4N6O6. The van der Waals surface area contributed by atoms with Crippen molar-refractivity contribution in [1.82, 2.24) is 29.5 Å². The van der Waals surface area contributed by atoms with Gasteiger partial charge >= 0.3 is 0 Å². The van der Waals surface area contributed by atoms with Gasteiger partial charge in [0.2, 0.25) is 11.6 Å². The third-order valence-corrected chi connectivity index (χ3v) is 9.49. The Morgan fingerprint density at radius 1 is 0.593 bits per heavy atom. The molecule has 54 heavy (non-hydrogen) atoms. The quantitative estimate of drug-likeness (QED) is 0.133. The monoisotopic (exact) mass is 810 g/mol. The maximum absolute atomic E-state index is 6.57. The normalized spacial score (nSPS) is 22.1. The Labute approximate surface area is 331 Å². The van der Waals surface area contributed by atoms with Crippen LogP contribution in [0.3, 0.4) is 0 Å². The first-order chi connectivity index (χ1) is 26.1. The van der Waals surface area contributed by atoms with E-state index in [1.165, 1.54) is 12.7 Å². The Hall–Kier alpha value is -4.24. The molecule has 2 saturated heterocycles. The third-order valence-electron chi connectivity index (χ3n) is 8.36. The second kappa shape index (κ2) is 16.6. The van der Waals surface area contributed by atoms with Crippen LogP contribution in [-0.2, 0) is 43.6 Å². The smallest absolute Gasteiger partial charge is 0.217 e. The van der Waals surface area contributed by atoms with E-state index >= 15 is 0 Å². The minimum Gasteiger partial charge on any atom is -0.457 e. The number of ether oxygens (including phenoxy) is 6. The number of benzene rings is 4. The van der Waals surface area contributed by atoms with Crippen LogP contribution in [0.1, 0.15) is 25.0 Å². The topological polar surface area (TPSA) is 117 Å². The zero-order chi connectivity index (χ0) is 37.7. The predicted octanol–water partition coefficient (Wildman–Crippen LogP) is 9.33. The molecule has 0 saturated carbocycles. The number of halogens is 4. The highest BCUT2D eigenvalue weighted by Gasteiger charge is 2.45. The largest absolute Gasteiger partial charge is 0.457 e. The molecule has 2 aliphatic rings. The lowest BCUT2D eigenvalue weighted by Gasteiger charge is -2.29. The summed E-state index contributed by atoms with van der Waals surface area (Å²) in [6.45, 7) is 5.52. The maximum atomic E-state index is 6.57. The SMILES string of the molecule is C[C@H]1CO[C@@](Cn2cncn2)(c2ccc(Oc3ccc(Cl)cc3)cc2Cl)O1.C[C@H]1CO[C@](Cn2cncn2)(c2ccc(Oc3ccc(Cl)cc3)cc2Cl)O1. The van der Waals surface area contributed by atoms with Crippen LogP contribution in [-0.4, -0.2) is 55.0 Å². The van der Waals surface area contributed by atoms with E-state index in [0.717, 1.165) is 0 Å². The number of hydrogen-bond donors (Lipinski definition) is 0. The summed E-state index contributed by atoms with van der Waals surface area (Å²) in [6.07, 6.45) is 6.05. The Bertz CT molecular complexity index is 1990. The van der Waals surface area contributed by atoms with Crippen molar-refractivity contribution in [3.63, 3.8) is 0 Å². The van der Waals surface area contributed by atoms with Crippen molar-refractivity contribution in [2.45, 2.75) is 50.7 Å². The molecule has 0 aliphatic carbocycles. The number of rotatable bonds is 10. The van der Waals surface area contributed by atoms with Crippen molar-refractivity contribution < 1.29 is 28.4 Å². The fourth-order valence-corrected chi connectivity index (χ4v) is 6.86. The van der Waals surface area contributed by atoms with Gasteiger partial charge in [0.05, 0.1) is 35.5 Å². The van der Waals surface area contributed by atoms with Crippen LogP contribution in [0.2, 0.25) is 20.1 Å². The van der Waals surface area contributed by atoms with E-state index in [2.05, 4.69) is 20.2 Å². The summed E-state index contributed by atoms with van der Waals surface area (Å²) in [6, 6.07) is 25.1. The van der Waals surface area contributed by atoms with Crippen LogP contribution in [0.25, 0.3) is 0 Å². The van der Waals surface area contributed by atoms with Crippen LogP contribution < -0.4 is 9.47 Å². The molecule has 4 aromatic carbocycles. The standard InChI is InChI=1S/2C19H17Cl2N3O3/c2*1-13-9-25-19(27-13,10-24-12-22-11-23-24)17-7-6-16(8-18(17)21)26-15-4-2-14(20)3-5-15/h2*2-8,11-13H,9-10H2,1H3/t13-,19+;13-,19-/m00/s1. The Morgan fingerprint density at radius 3 is 1.30 bits per heavy atom. The van der Waals surface area contributed by atoms with Crippen molar-refractivity contribution in [3.8, 4) is 23.0 Å². The van der Waals surface area contributed by atoms with E-state index in [1.807, 2.05) is 38.1 Å². The van der Waals surface area contributed by atoms with E-state index in [-0.39, 0.29) is 12.2 Å². The third kappa shape index (κ3) is 8.99. The number of nitrogens with zero attached hydrogens (tertiary/aromatic N) is 6. The summed E-state index contributed by atoms with van der Waals surface area (Å²) in [5.41, 5.74) is 1.43. The molecule has 4 heterocycles. The van der Waals surface area contributed by atoms with Gasteiger partial charge in [-0.05, 0) is 98.8 Å².